The Labute approximate surface area is 51.6 Å². The number of rotatable bonds is 0. The molecule has 0 aliphatic carbocycles. The third-order valence-corrected chi connectivity index (χ3v) is 1.14. The monoisotopic (exact) mass is 135 g/mol. The van der Waals surface area contributed by atoms with E-state index in [1.165, 1.54) is 0 Å². The summed E-state index contributed by atoms with van der Waals surface area (Å²) in [7, 11) is 0. The lowest BCUT2D eigenvalue weighted by Gasteiger charge is -1.74. The van der Waals surface area contributed by atoms with Gasteiger partial charge in [0.25, 0.3) is 0 Å². The van der Waals surface area contributed by atoms with Gasteiger partial charge in [0.05, 0.1) is 0 Å². The van der Waals surface area contributed by atoms with Gasteiger partial charge < -0.3 is 0 Å². The second kappa shape index (κ2) is 1.85. The van der Waals surface area contributed by atoms with Crippen LogP contribution in [0, 0.1) is 0 Å². The molecular formula is C4H3Cl2N. The van der Waals surface area contributed by atoms with Crippen molar-refractivity contribution in [3.63, 3.8) is 0 Å². The molecule has 38 valence electrons. The molecule has 0 spiro atoms. The molecule has 0 fully saturated rings. The van der Waals surface area contributed by atoms with Gasteiger partial charge in [-0.2, -0.15) is 0 Å². The molecule has 3 heteroatoms. The normalized spacial score (nSPS) is 19.1. The van der Waals surface area contributed by atoms with Gasteiger partial charge in [-0.15, -0.1) is 0 Å². The molecular weight excluding hydrogens is 133 g/mol. The van der Waals surface area contributed by atoms with Gasteiger partial charge in [0.15, 0.2) is 0 Å². The van der Waals surface area contributed by atoms with Gasteiger partial charge in [-0.3, -0.25) is 0 Å². The molecule has 1 rings (SSSR count). The lowest BCUT2D eigenvalue weighted by molar-refractivity contribution is 1.56. The smallest absolute Gasteiger partial charge is 0.126 e. The van der Waals surface area contributed by atoms with Crippen LogP contribution in [0.15, 0.2) is 16.2 Å². The van der Waals surface area contributed by atoms with Crippen LogP contribution in [0.1, 0.15) is 6.42 Å². The van der Waals surface area contributed by atoms with Gasteiger partial charge >= 0.3 is 0 Å². The number of halogens is 2. The predicted molar refractivity (Wildman–Crippen MR) is 31.8 cm³/mol. The van der Waals surface area contributed by atoms with E-state index in [1.807, 2.05) is 0 Å². The molecule has 1 nitrogen and oxygen atoms in total. The largest absolute Gasteiger partial charge is 0.229 e. The van der Waals surface area contributed by atoms with Gasteiger partial charge in [0.2, 0.25) is 0 Å². The zero-order chi connectivity index (χ0) is 5.28. The van der Waals surface area contributed by atoms with Crippen molar-refractivity contribution in [3.05, 3.63) is 11.2 Å². The van der Waals surface area contributed by atoms with Gasteiger partial charge in [-0.1, -0.05) is 23.2 Å². The second-order valence-corrected chi connectivity index (χ2v) is 2.04. The Kier molecular flexibility index (Phi) is 1.35. The molecule has 0 radical (unpaired) electrons. The summed E-state index contributed by atoms with van der Waals surface area (Å²) in [5, 5.41) is 1.08. The Morgan fingerprint density at radius 1 is 1.57 bits per heavy atom. The minimum atomic E-state index is 0.505. The van der Waals surface area contributed by atoms with Crippen LogP contribution in [-0.2, 0) is 0 Å². The summed E-state index contributed by atoms with van der Waals surface area (Å²) in [6.45, 7) is 0. The van der Waals surface area contributed by atoms with E-state index in [1.54, 1.807) is 6.08 Å². The first-order valence-corrected chi connectivity index (χ1v) is 2.63. The second-order valence-electron chi connectivity index (χ2n) is 1.22. The van der Waals surface area contributed by atoms with Gasteiger partial charge in [0.1, 0.15) is 10.3 Å². The Morgan fingerprint density at radius 2 is 2.29 bits per heavy atom. The van der Waals surface area contributed by atoms with Crippen molar-refractivity contribution in [1.29, 1.82) is 0 Å². The maximum atomic E-state index is 5.42. The predicted octanol–water partition coefficient (Wildman–Crippen LogP) is 2.11. The maximum absolute atomic E-state index is 5.42. The van der Waals surface area contributed by atoms with Crippen LogP contribution in [0.2, 0.25) is 0 Å². The highest BCUT2D eigenvalue weighted by atomic mass is 35.5. The van der Waals surface area contributed by atoms with Crippen LogP contribution >= 0.6 is 23.2 Å². The highest BCUT2D eigenvalue weighted by molar-refractivity contribution is 6.66. The minimum Gasteiger partial charge on any atom is -0.229 e. The van der Waals surface area contributed by atoms with Crippen molar-refractivity contribution in [1.82, 2.24) is 0 Å². The summed E-state index contributed by atoms with van der Waals surface area (Å²) in [6.07, 6.45) is 2.46. The Hall–Kier alpha value is -0.0100. The average molecular weight is 136 g/mol. The lowest BCUT2D eigenvalue weighted by atomic mass is 10.5. The third kappa shape index (κ3) is 1.18. The molecule has 0 aromatic rings. The van der Waals surface area contributed by atoms with Crippen molar-refractivity contribution in [3.8, 4) is 0 Å². The topological polar surface area (TPSA) is 12.4 Å². The number of hydrogen-bond acceptors (Lipinski definition) is 1. The number of nitrogens with zero attached hydrogens (tertiary/aromatic N) is 1. The Morgan fingerprint density at radius 3 is 2.43 bits per heavy atom. The van der Waals surface area contributed by atoms with Gasteiger partial charge in [-0.25, -0.2) is 4.99 Å². The Bertz CT molecular complexity index is 137. The first kappa shape index (κ1) is 5.13. The molecule has 0 atom stereocenters. The van der Waals surface area contributed by atoms with Crippen LogP contribution in [0.4, 0.5) is 0 Å². The zero-order valence-electron chi connectivity index (χ0n) is 3.49. The summed E-state index contributed by atoms with van der Waals surface area (Å²) in [4.78, 5) is 3.70. The van der Waals surface area contributed by atoms with Crippen LogP contribution in [0.25, 0.3) is 0 Å². The molecule has 0 aromatic heterocycles. The molecule has 0 aromatic carbocycles. The summed E-state index contributed by atoms with van der Waals surface area (Å²) in [5.74, 6) is 0. The molecule has 7 heavy (non-hydrogen) atoms. The first-order chi connectivity index (χ1) is 3.29. The molecule has 0 N–H and O–H groups in total. The van der Waals surface area contributed by atoms with E-state index in [4.69, 9.17) is 23.2 Å². The van der Waals surface area contributed by atoms with E-state index in [9.17, 15) is 0 Å². The number of allylic oxidation sites excluding steroid dienone is 1. The van der Waals surface area contributed by atoms with Gasteiger partial charge in [0, 0.05) is 6.42 Å². The number of hydrogen-bond donors (Lipinski definition) is 0. The molecule has 0 saturated carbocycles. The van der Waals surface area contributed by atoms with E-state index < -0.39 is 0 Å². The fraction of sp³-hybridized carbons (Fsp3) is 0.250. The van der Waals surface area contributed by atoms with Crippen molar-refractivity contribution in [2.45, 2.75) is 6.42 Å². The highest BCUT2D eigenvalue weighted by Crippen LogP contribution is 2.14. The first-order valence-electron chi connectivity index (χ1n) is 1.88. The third-order valence-electron chi connectivity index (χ3n) is 0.667. The molecule has 1 heterocycles. The van der Waals surface area contributed by atoms with E-state index in [0.717, 1.165) is 0 Å². The van der Waals surface area contributed by atoms with Crippen molar-refractivity contribution < 1.29 is 0 Å². The van der Waals surface area contributed by atoms with E-state index >= 15 is 0 Å². The fourth-order valence-corrected chi connectivity index (χ4v) is 0.766. The van der Waals surface area contributed by atoms with Crippen LogP contribution < -0.4 is 0 Å². The van der Waals surface area contributed by atoms with Crippen LogP contribution in [0.3, 0.4) is 0 Å². The lowest BCUT2D eigenvalue weighted by Crippen LogP contribution is -1.72. The van der Waals surface area contributed by atoms with E-state index in [-0.39, 0.29) is 0 Å². The molecule has 1 aliphatic rings. The van der Waals surface area contributed by atoms with Crippen molar-refractivity contribution in [2.75, 3.05) is 0 Å². The highest BCUT2D eigenvalue weighted by Gasteiger charge is 2.00. The fourth-order valence-electron chi connectivity index (χ4n) is 0.376. The standard InChI is InChI=1S/C4H3Cl2N/c5-3-1-2-4(6)7-3/h1H,2H2. The quantitative estimate of drug-likeness (QED) is 0.452. The van der Waals surface area contributed by atoms with E-state index in [2.05, 4.69) is 4.99 Å². The van der Waals surface area contributed by atoms with Crippen molar-refractivity contribution in [2.24, 2.45) is 4.99 Å². The molecule has 0 saturated heterocycles. The molecule has 0 amide bonds. The van der Waals surface area contributed by atoms with Crippen LogP contribution in [-0.4, -0.2) is 5.17 Å². The zero-order valence-corrected chi connectivity index (χ0v) is 5.00. The van der Waals surface area contributed by atoms with Crippen LogP contribution in [0.5, 0.6) is 0 Å². The molecule has 1 aliphatic heterocycles. The van der Waals surface area contributed by atoms with Crippen molar-refractivity contribution >= 4 is 28.4 Å². The average Bonchev–Trinajstić information content (AvgIpc) is 1.87. The summed E-state index contributed by atoms with van der Waals surface area (Å²) >= 11 is 10.8. The molecule has 0 unspecified atom stereocenters. The summed E-state index contributed by atoms with van der Waals surface area (Å²) < 4.78 is 0. The maximum Gasteiger partial charge on any atom is 0.126 e. The SMILES string of the molecule is ClC1=CCC(Cl)=N1. The summed E-state index contributed by atoms with van der Waals surface area (Å²) in [5.41, 5.74) is 0. The van der Waals surface area contributed by atoms with Gasteiger partial charge in [-0.05, 0) is 6.08 Å². The molecule has 0 bridgehead atoms. The Balaban J connectivity index is 2.69. The van der Waals surface area contributed by atoms with E-state index in [0.29, 0.717) is 16.7 Å². The minimum absolute atomic E-state index is 0.505. The number of aliphatic imine (C=N–C) groups is 1. The summed E-state index contributed by atoms with van der Waals surface area (Å²) in [6, 6.07) is 0.